The van der Waals surface area contributed by atoms with Gasteiger partial charge in [0.15, 0.2) is 0 Å². The Bertz CT molecular complexity index is 215. The van der Waals surface area contributed by atoms with Gasteiger partial charge >= 0.3 is 6.11 Å². The molecule has 0 aliphatic heterocycles. The van der Waals surface area contributed by atoms with Crippen molar-refractivity contribution in [3.8, 4) is 0 Å². The molecule has 0 aliphatic carbocycles. The monoisotopic (exact) mass is 251 g/mol. The summed E-state index contributed by atoms with van der Waals surface area (Å²) in [5, 5.41) is 2.77. The molecule has 80 valence electrons. The van der Waals surface area contributed by atoms with Gasteiger partial charge in [-0.05, 0) is 13.8 Å². The fourth-order valence-corrected chi connectivity index (χ4v) is 3.43. The summed E-state index contributed by atoms with van der Waals surface area (Å²) in [6, 6.07) is 0.0157. The second kappa shape index (κ2) is 4.99. The van der Waals surface area contributed by atoms with Gasteiger partial charge in [-0.25, -0.2) is 0 Å². The van der Waals surface area contributed by atoms with E-state index in [-0.39, 0.29) is 6.04 Å². The molecule has 0 heterocycles. The lowest BCUT2D eigenvalue weighted by Crippen LogP contribution is -2.28. The van der Waals surface area contributed by atoms with Crippen LogP contribution in [0.1, 0.15) is 13.8 Å². The van der Waals surface area contributed by atoms with Gasteiger partial charge in [-0.2, -0.15) is 8.78 Å². The Morgan fingerprint density at radius 2 is 2.08 bits per heavy atom. The van der Waals surface area contributed by atoms with E-state index >= 15 is 0 Å². The highest BCUT2D eigenvalue weighted by atomic mass is 35.5. The van der Waals surface area contributed by atoms with Crippen molar-refractivity contribution in [1.29, 1.82) is 0 Å². The summed E-state index contributed by atoms with van der Waals surface area (Å²) in [6.07, 6.45) is -5.98. The normalized spacial score (nSPS) is 17.5. The SMILES string of the molecule is CC(C)NP(C)(=S)OC(F)(F)CCl. The molecule has 0 aromatic heterocycles. The number of nitrogens with one attached hydrogen (secondary N) is 1. The Morgan fingerprint density at radius 3 is 2.38 bits per heavy atom. The first-order chi connectivity index (χ1) is 5.68. The van der Waals surface area contributed by atoms with Crippen LogP contribution < -0.4 is 5.09 Å². The molecule has 0 aliphatic rings. The molecule has 0 aromatic rings. The van der Waals surface area contributed by atoms with Crippen molar-refractivity contribution in [1.82, 2.24) is 5.09 Å². The first-order valence-electron chi connectivity index (χ1n) is 3.68. The fourth-order valence-electron chi connectivity index (χ4n) is 0.775. The number of hydrogen-bond donors (Lipinski definition) is 1. The largest absolute Gasteiger partial charge is 0.373 e. The molecule has 0 fully saturated rings. The summed E-state index contributed by atoms with van der Waals surface area (Å²) in [4.78, 5) is 0. The Morgan fingerprint density at radius 1 is 1.62 bits per heavy atom. The third-order valence-electron chi connectivity index (χ3n) is 0.956. The standard InChI is InChI=1S/C6H13ClF2NOPS/c1-5(2)10-12(3,13)11-6(8,9)4-7/h5H,4H2,1-3H3,(H,10,13). The van der Waals surface area contributed by atoms with Crippen molar-refractivity contribution in [2.75, 3.05) is 12.5 Å². The van der Waals surface area contributed by atoms with E-state index in [9.17, 15) is 8.78 Å². The first-order valence-corrected chi connectivity index (χ1v) is 7.38. The molecule has 0 bridgehead atoms. The van der Waals surface area contributed by atoms with E-state index in [1.54, 1.807) is 0 Å². The molecule has 1 N–H and O–H groups in total. The lowest BCUT2D eigenvalue weighted by molar-refractivity contribution is -0.150. The van der Waals surface area contributed by atoms with Crippen molar-refractivity contribution >= 4 is 29.8 Å². The van der Waals surface area contributed by atoms with Gasteiger partial charge in [-0.1, -0.05) is 11.8 Å². The van der Waals surface area contributed by atoms with E-state index in [1.165, 1.54) is 6.66 Å². The summed E-state index contributed by atoms with van der Waals surface area (Å²) in [5.41, 5.74) is 0. The van der Waals surface area contributed by atoms with Crippen LogP contribution in [-0.4, -0.2) is 24.7 Å². The highest BCUT2D eigenvalue weighted by Gasteiger charge is 2.34. The minimum absolute atomic E-state index is 0.0157. The summed E-state index contributed by atoms with van der Waals surface area (Å²) in [5.74, 6) is -0.876. The molecule has 2 nitrogen and oxygen atoms in total. The molecule has 7 heteroatoms. The van der Waals surface area contributed by atoms with Crippen molar-refractivity contribution in [2.45, 2.75) is 26.0 Å². The molecular weight excluding hydrogens is 239 g/mol. The molecular formula is C6H13ClF2NOPS. The average Bonchev–Trinajstić information content (AvgIpc) is 1.81. The van der Waals surface area contributed by atoms with Gasteiger partial charge in [0.05, 0.1) is 0 Å². The van der Waals surface area contributed by atoms with Crippen molar-refractivity contribution < 1.29 is 13.3 Å². The van der Waals surface area contributed by atoms with Crippen LogP contribution in [0.15, 0.2) is 0 Å². The fraction of sp³-hybridized carbons (Fsp3) is 1.00. The van der Waals surface area contributed by atoms with Crippen LogP contribution in [0.5, 0.6) is 0 Å². The Labute approximate surface area is 87.1 Å². The van der Waals surface area contributed by atoms with Crippen LogP contribution in [0.3, 0.4) is 0 Å². The van der Waals surface area contributed by atoms with E-state index < -0.39 is 18.4 Å². The third kappa shape index (κ3) is 6.75. The van der Waals surface area contributed by atoms with Gasteiger partial charge < -0.3 is 0 Å². The molecule has 1 atom stereocenters. The quantitative estimate of drug-likeness (QED) is 0.600. The minimum atomic E-state index is -3.34. The molecule has 0 radical (unpaired) electrons. The molecule has 13 heavy (non-hydrogen) atoms. The topological polar surface area (TPSA) is 21.3 Å². The van der Waals surface area contributed by atoms with E-state index in [0.29, 0.717) is 0 Å². The molecule has 0 saturated heterocycles. The minimum Gasteiger partial charge on any atom is -0.274 e. The Hall–Kier alpha value is 0.720. The summed E-state index contributed by atoms with van der Waals surface area (Å²) < 4.78 is 29.8. The lowest BCUT2D eigenvalue weighted by atomic mass is 10.4. The van der Waals surface area contributed by atoms with Crippen molar-refractivity contribution in [3.63, 3.8) is 0 Å². The zero-order valence-electron chi connectivity index (χ0n) is 7.68. The molecule has 0 rings (SSSR count). The zero-order chi connectivity index (χ0) is 10.7. The molecule has 1 unspecified atom stereocenters. The molecule has 0 saturated carbocycles. The number of hydrogen-bond acceptors (Lipinski definition) is 2. The summed E-state index contributed by atoms with van der Waals surface area (Å²) in [7, 11) is 0. The van der Waals surface area contributed by atoms with Crippen LogP contribution in [0.4, 0.5) is 8.78 Å². The highest BCUT2D eigenvalue weighted by Crippen LogP contribution is 2.44. The van der Waals surface area contributed by atoms with Crippen LogP contribution in [0, 0.1) is 0 Å². The van der Waals surface area contributed by atoms with Crippen LogP contribution in [0.2, 0.25) is 0 Å². The van der Waals surface area contributed by atoms with Gasteiger partial charge in [0.1, 0.15) is 12.3 Å². The summed E-state index contributed by atoms with van der Waals surface area (Å²) >= 11 is 9.88. The predicted molar refractivity (Wildman–Crippen MR) is 55.2 cm³/mol. The van der Waals surface area contributed by atoms with Crippen molar-refractivity contribution in [2.24, 2.45) is 0 Å². The maximum Gasteiger partial charge on any atom is 0.373 e. The number of halogens is 3. The van der Waals surface area contributed by atoms with Crippen LogP contribution in [0.25, 0.3) is 0 Å². The van der Waals surface area contributed by atoms with Gasteiger partial charge in [-0.3, -0.25) is 9.61 Å². The van der Waals surface area contributed by atoms with E-state index in [2.05, 4.69) is 9.61 Å². The maximum atomic E-state index is 12.7. The van der Waals surface area contributed by atoms with E-state index in [1.807, 2.05) is 13.8 Å². The zero-order valence-corrected chi connectivity index (χ0v) is 10.1. The predicted octanol–water partition coefficient (Wildman–Crippen LogP) is 2.77. The van der Waals surface area contributed by atoms with Gasteiger partial charge in [0, 0.05) is 12.7 Å². The molecule has 0 aromatic carbocycles. The highest BCUT2D eigenvalue weighted by molar-refractivity contribution is 8.11. The second-order valence-corrected chi connectivity index (χ2v) is 7.48. The summed E-state index contributed by atoms with van der Waals surface area (Å²) in [6.45, 7) is 5.09. The average molecular weight is 252 g/mol. The number of alkyl halides is 3. The van der Waals surface area contributed by atoms with Gasteiger partial charge in [0.2, 0.25) is 0 Å². The van der Waals surface area contributed by atoms with E-state index in [0.717, 1.165) is 0 Å². The third-order valence-corrected chi connectivity index (χ3v) is 3.41. The Balaban J connectivity index is 4.25. The second-order valence-electron chi connectivity index (χ2n) is 2.99. The lowest BCUT2D eigenvalue weighted by Gasteiger charge is -2.25. The van der Waals surface area contributed by atoms with Crippen molar-refractivity contribution in [3.05, 3.63) is 0 Å². The van der Waals surface area contributed by atoms with Crippen LogP contribution in [-0.2, 0) is 16.3 Å². The van der Waals surface area contributed by atoms with Gasteiger partial charge in [0.25, 0.3) is 0 Å². The molecule has 0 amide bonds. The van der Waals surface area contributed by atoms with E-state index in [4.69, 9.17) is 23.4 Å². The smallest absolute Gasteiger partial charge is 0.274 e. The molecule has 0 spiro atoms. The first kappa shape index (κ1) is 13.7. The van der Waals surface area contributed by atoms with Gasteiger partial charge in [-0.15, -0.1) is 11.6 Å². The number of rotatable bonds is 5. The van der Waals surface area contributed by atoms with Crippen LogP contribution >= 0.6 is 18.0 Å². The Kier molecular flexibility index (Phi) is 5.26. The maximum absolute atomic E-state index is 12.7.